The Morgan fingerprint density at radius 3 is 3.00 bits per heavy atom. The first kappa shape index (κ1) is 12.5. The number of hydrogen-bond donors (Lipinski definition) is 2. The summed E-state index contributed by atoms with van der Waals surface area (Å²) in [6.07, 6.45) is 4.14. The number of para-hydroxylation sites is 1. The summed E-state index contributed by atoms with van der Waals surface area (Å²) in [7, 11) is 0. The smallest absolute Gasteiger partial charge is 0.220 e. The van der Waals surface area contributed by atoms with Crippen LogP contribution in [0, 0.1) is 5.92 Å². The summed E-state index contributed by atoms with van der Waals surface area (Å²) in [6.45, 7) is 3.15. The van der Waals surface area contributed by atoms with Crippen molar-refractivity contribution in [2.75, 3.05) is 11.9 Å². The largest absolute Gasteiger partial charge is 0.384 e. The molecule has 102 valence electrons. The second kappa shape index (κ2) is 5.24. The zero-order chi connectivity index (χ0) is 13.2. The van der Waals surface area contributed by atoms with E-state index in [-0.39, 0.29) is 5.91 Å². The van der Waals surface area contributed by atoms with Crippen LogP contribution in [0.1, 0.15) is 44.1 Å². The van der Waals surface area contributed by atoms with Gasteiger partial charge >= 0.3 is 0 Å². The van der Waals surface area contributed by atoms with Crippen molar-refractivity contribution >= 4 is 11.6 Å². The molecule has 0 radical (unpaired) electrons. The van der Waals surface area contributed by atoms with Crippen molar-refractivity contribution in [3.8, 4) is 0 Å². The van der Waals surface area contributed by atoms with Gasteiger partial charge in [-0.3, -0.25) is 4.79 Å². The fourth-order valence-corrected chi connectivity index (χ4v) is 3.39. The van der Waals surface area contributed by atoms with Gasteiger partial charge in [-0.25, -0.2) is 0 Å². The highest BCUT2D eigenvalue weighted by atomic mass is 16.1. The molecular formula is C16H22N2O. The number of carbonyl (C=O) groups is 1. The topological polar surface area (TPSA) is 41.1 Å². The van der Waals surface area contributed by atoms with E-state index in [2.05, 4.69) is 35.8 Å². The second-order valence-electron chi connectivity index (χ2n) is 6.05. The zero-order valence-electron chi connectivity index (χ0n) is 11.5. The maximum absolute atomic E-state index is 12.1. The van der Waals surface area contributed by atoms with E-state index in [1.807, 2.05) is 6.07 Å². The maximum Gasteiger partial charge on any atom is 0.220 e. The summed E-state index contributed by atoms with van der Waals surface area (Å²) >= 11 is 0. The van der Waals surface area contributed by atoms with Gasteiger partial charge in [0.05, 0.1) is 0 Å². The maximum atomic E-state index is 12.1. The molecule has 0 aromatic heterocycles. The fourth-order valence-electron chi connectivity index (χ4n) is 3.39. The molecule has 1 aliphatic heterocycles. The lowest BCUT2D eigenvalue weighted by Gasteiger charge is -2.15. The van der Waals surface area contributed by atoms with Crippen molar-refractivity contribution in [1.29, 1.82) is 0 Å². The van der Waals surface area contributed by atoms with Gasteiger partial charge in [-0.15, -0.1) is 0 Å². The summed E-state index contributed by atoms with van der Waals surface area (Å²) < 4.78 is 0. The number of rotatable bonds is 3. The summed E-state index contributed by atoms with van der Waals surface area (Å²) in [4.78, 5) is 12.1. The number of amides is 1. The van der Waals surface area contributed by atoms with Gasteiger partial charge in [-0.1, -0.05) is 25.1 Å². The first-order valence-corrected chi connectivity index (χ1v) is 7.34. The number of benzene rings is 1. The number of carbonyl (C=O) groups excluding carboxylic acids is 1. The molecule has 1 fully saturated rings. The Balaban J connectivity index is 1.56. The number of fused-ring (bicyclic) bond motifs is 1. The molecular weight excluding hydrogens is 236 g/mol. The van der Waals surface area contributed by atoms with Crippen LogP contribution in [-0.2, 0) is 4.79 Å². The molecule has 2 N–H and O–H groups in total. The molecule has 1 aromatic rings. The Hall–Kier alpha value is -1.51. The second-order valence-corrected chi connectivity index (χ2v) is 6.05. The van der Waals surface area contributed by atoms with Crippen molar-refractivity contribution in [3.05, 3.63) is 29.8 Å². The van der Waals surface area contributed by atoms with Gasteiger partial charge in [-0.05, 0) is 36.8 Å². The average molecular weight is 258 g/mol. The van der Waals surface area contributed by atoms with E-state index in [0.29, 0.717) is 18.4 Å². The first-order chi connectivity index (χ1) is 9.22. The van der Waals surface area contributed by atoms with Gasteiger partial charge in [0, 0.05) is 30.6 Å². The van der Waals surface area contributed by atoms with E-state index in [1.165, 1.54) is 17.7 Å². The minimum atomic E-state index is 0.211. The van der Waals surface area contributed by atoms with Gasteiger partial charge in [0.25, 0.3) is 0 Å². The molecule has 3 nitrogen and oxygen atoms in total. The molecule has 1 amide bonds. The summed E-state index contributed by atoms with van der Waals surface area (Å²) in [6, 6.07) is 8.72. The molecule has 1 saturated carbocycles. The predicted octanol–water partition coefficient (Wildman–Crippen LogP) is 2.89. The van der Waals surface area contributed by atoms with E-state index in [9.17, 15) is 4.79 Å². The van der Waals surface area contributed by atoms with Crippen LogP contribution < -0.4 is 10.6 Å². The lowest BCUT2D eigenvalue weighted by molar-refractivity contribution is -0.122. The van der Waals surface area contributed by atoms with Crippen molar-refractivity contribution < 1.29 is 4.79 Å². The number of hydrogen-bond acceptors (Lipinski definition) is 2. The van der Waals surface area contributed by atoms with Crippen LogP contribution in [0.2, 0.25) is 0 Å². The Bertz CT molecular complexity index is 472. The van der Waals surface area contributed by atoms with Crippen molar-refractivity contribution in [3.63, 3.8) is 0 Å². The van der Waals surface area contributed by atoms with Gasteiger partial charge in [-0.2, -0.15) is 0 Å². The molecule has 3 unspecified atom stereocenters. The Morgan fingerprint density at radius 1 is 1.37 bits per heavy atom. The van der Waals surface area contributed by atoms with E-state index in [1.54, 1.807) is 0 Å². The normalized spacial score (nSPS) is 28.8. The van der Waals surface area contributed by atoms with E-state index in [4.69, 9.17) is 0 Å². The van der Waals surface area contributed by atoms with Crippen LogP contribution in [0.5, 0.6) is 0 Å². The van der Waals surface area contributed by atoms with Gasteiger partial charge in [0.2, 0.25) is 5.91 Å². The van der Waals surface area contributed by atoms with Crippen LogP contribution >= 0.6 is 0 Å². The molecule has 3 atom stereocenters. The summed E-state index contributed by atoms with van der Waals surface area (Å²) in [5, 5.41) is 6.58. The van der Waals surface area contributed by atoms with Crippen LogP contribution in [0.25, 0.3) is 0 Å². The third-order valence-electron chi connectivity index (χ3n) is 4.43. The molecule has 0 saturated heterocycles. The van der Waals surface area contributed by atoms with Crippen molar-refractivity contribution in [2.24, 2.45) is 5.92 Å². The Kier molecular flexibility index (Phi) is 3.45. The predicted molar refractivity (Wildman–Crippen MR) is 77.2 cm³/mol. The third-order valence-corrected chi connectivity index (χ3v) is 4.43. The Labute approximate surface area is 114 Å². The molecule has 1 heterocycles. The molecule has 3 rings (SSSR count). The molecule has 3 heteroatoms. The van der Waals surface area contributed by atoms with Gasteiger partial charge < -0.3 is 10.6 Å². The molecule has 0 spiro atoms. The quantitative estimate of drug-likeness (QED) is 0.875. The van der Waals surface area contributed by atoms with Crippen LogP contribution in [0.4, 0.5) is 5.69 Å². The highest BCUT2D eigenvalue weighted by Gasteiger charge is 2.27. The molecule has 2 aliphatic rings. The highest BCUT2D eigenvalue weighted by Crippen LogP contribution is 2.33. The Morgan fingerprint density at radius 2 is 2.21 bits per heavy atom. The lowest BCUT2D eigenvalue weighted by atomic mass is 9.97. The monoisotopic (exact) mass is 258 g/mol. The van der Waals surface area contributed by atoms with Crippen LogP contribution in [-0.4, -0.2) is 18.5 Å². The summed E-state index contributed by atoms with van der Waals surface area (Å²) in [5.41, 5.74) is 2.48. The molecule has 0 bridgehead atoms. The fraction of sp³-hybridized carbons (Fsp3) is 0.562. The van der Waals surface area contributed by atoms with E-state index < -0.39 is 0 Å². The van der Waals surface area contributed by atoms with Crippen molar-refractivity contribution in [2.45, 2.75) is 44.6 Å². The minimum absolute atomic E-state index is 0.211. The van der Waals surface area contributed by atoms with Crippen LogP contribution in [0.15, 0.2) is 24.3 Å². The van der Waals surface area contributed by atoms with E-state index in [0.717, 1.165) is 25.3 Å². The molecule has 19 heavy (non-hydrogen) atoms. The SMILES string of the molecule is CC1CCC(NC(=O)CC2CNc3ccccc32)C1. The average Bonchev–Trinajstić information content (AvgIpc) is 2.97. The third kappa shape index (κ3) is 2.75. The number of nitrogens with one attached hydrogen (secondary N) is 2. The van der Waals surface area contributed by atoms with Crippen LogP contribution in [0.3, 0.4) is 0 Å². The van der Waals surface area contributed by atoms with Gasteiger partial charge in [0.1, 0.15) is 0 Å². The molecule has 1 aliphatic carbocycles. The van der Waals surface area contributed by atoms with E-state index >= 15 is 0 Å². The first-order valence-electron chi connectivity index (χ1n) is 7.34. The summed E-state index contributed by atoms with van der Waals surface area (Å²) in [5.74, 6) is 1.30. The van der Waals surface area contributed by atoms with Crippen molar-refractivity contribution in [1.82, 2.24) is 5.32 Å². The minimum Gasteiger partial charge on any atom is -0.384 e. The zero-order valence-corrected chi connectivity index (χ0v) is 11.5. The lowest BCUT2D eigenvalue weighted by Crippen LogP contribution is -2.33. The standard InChI is InChI=1S/C16H22N2O/c1-11-6-7-13(8-11)18-16(19)9-12-10-17-15-5-3-2-4-14(12)15/h2-5,11-13,17H,6-10H2,1H3,(H,18,19). The highest BCUT2D eigenvalue weighted by molar-refractivity contribution is 5.78. The molecule has 1 aromatic carbocycles. The van der Waals surface area contributed by atoms with Gasteiger partial charge in [0.15, 0.2) is 0 Å². The number of anilines is 1.